The lowest BCUT2D eigenvalue weighted by molar-refractivity contribution is -0.144. The van der Waals surface area contributed by atoms with Crippen molar-refractivity contribution >= 4 is 5.97 Å². The molecule has 15 heavy (non-hydrogen) atoms. The average Bonchev–Trinajstić information content (AvgIpc) is 3.00. The first-order chi connectivity index (χ1) is 7.24. The third kappa shape index (κ3) is 5.78. The average molecular weight is 213 g/mol. The molecular formula is C12H23NO2. The third-order valence-corrected chi connectivity index (χ3v) is 2.89. The predicted molar refractivity (Wildman–Crippen MR) is 60.4 cm³/mol. The smallest absolute Gasteiger partial charge is 0.307 e. The lowest BCUT2D eigenvalue weighted by atomic mass is 10.1. The van der Waals surface area contributed by atoms with E-state index in [0.29, 0.717) is 18.9 Å². The van der Waals surface area contributed by atoms with Crippen LogP contribution in [-0.2, 0) is 9.53 Å². The Morgan fingerprint density at radius 2 is 2.13 bits per heavy atom. The molecule has 1 unspecified atom stereocenters. The zero-order valence-electron chi connectivity index (χ0n) is 9.71. The summed E-state index contributed by atoms with van der Waals surface area (Å²) in [6, 6.07) is 0.0353. The van der Waals surface area contributed by atoms with Crippen LogP contribution in [0.25, 0.3) is 0 Å². The molecule has 1 rings (SSSR count). The summed E-state index contributed by atoms with van der Waals surface area (Å²) < 4.78 is 5.12. The Morgan fingerprint density at radius 1 is 1.40 bits per heavy atom. The van der Waals surface area contributed by atoms with Crippen molar-refractivity contribution in [1.82, 2.24) is 0 Å². The van der Waals surface area contributed by atoms with Gasteiger partial charge in [0.2, 0.25) is 0 Å². The number of carbonyl (C=O) groups excluding carboxylic acids is 1. The SMILES string of the molecule is CCCCCCOC(=O)CC(N)C1CC1. The molecule has 0 amide bonds. The molecule has 3 heteroatoms. The third-order valence-electron chi connectivity index (χ3n) is 2.89. The zero-order valence-corrected chi connectivity index (χ0v) is 9.71. The first-order valence-electron chi connectivity index (χ1n) is 6.15. The van der Waals surface area contributed by atoms with Crippen LogP contribution < -0.4 is 5.73 Å². The normalized spacial score (nSPS) is 17.5. The van der Waals surface area contributed by atoms with Crippen LogP contribution >= 0.6 is 0 Å². The highest BCUT2D eigenvalue weighted by atomic mass is 16.5. The second-order valence-electron chi connectivity index (χ2n) is 4.49. The van der Waals surface area contributed by atoms with Crippen LogP contribution in [0.5, 0.6) is 0 Å². The quantitative estimate of drug-likeness (QED) is 0.497. The van der Waals surface area contributed by atoms with Crippen molar-refractivity contribution in [3.63, 3.8) is 0 Å². The van der Waals surface area contributed by atoms with E-state index in [1.807, 2.05) is 0 Å². The van der Waals surface area contributed by atoms with Gasteiger partial charge in [0.25, 0.3) is 0 Å². The number of nitrogens with two attached hydrogens (primary N) is 1. The van der Waals surface area contributed by atoms with Gasteiger partial charge >= 0.3 is 5.97 Å². The fourth-order valence-corrected chi connectivity index (χ4v) is 1.66. The van der Waals surface area contributed by atoms with Crippen molar-refractivity contribution in [2.75, 3.05) is 6.61 Å². The molecule has 0 aromatic heterocycles. The van der Waals surface area contributed by atoms with Crippen LogP contribution in [0.15, 0.2) is 0 Å². The van der Waals surface area contributed by atoms with Gasteiger partial charge in [-0.2, -0.15) is 0 Å². The molecule has 0 bridgehead atoms. The molecule has 0 spiro atoms. The fraction of sp³-hybridized carbons (Fsp3) is 0.917. The summed E-state index contributed by atoms with van der Waals surface area (Å²) in [6.45, 7) is 2.73. The predicted octanol–water partition coefficient (Wildman–Crippen LogP) is 2.24. The molecule has 1 fully saturated rings. The highest BCUT2D eigenvalue weighted by Crippen LogP contribution is 2.32. The fourth-order valence-electron chi connectivity index (χ4n) is 1.66. The summed E-state index contributed by atoms with van der Waals surface area (Å²) in [5.41, 5.74) is 5.83. The topological polar surface area (TPSA) is 52.3 Å². The molecule has 0 saturated heterocycles. The number of hydrogen-bond donors (Lipinski definition) is 1. The molecule has 1 aliphatic rings. The van der Waals surface area contributed by atoms with E-state index in [-0.39, 0.29) is 12.0 Å². The number of carbonyl (C=O) groups is 1. The van der Waals surface area contributed by atoms with E-state index in [0.717, 1.165) is 12.8 Å². The van der Waals surface area contributed by atoms with Crippen molar-refractivity contribution < 1.29 is 9.53 Å². The Morgan fingerprint density at radius 3 is 2.73 bits per heavy atom. The molecule has 0 radical (unpaired) electrons. The number of rotatable bonds is 8. The van der Waals surface area contributed by atoms with Crippen molar-refractivity contribution in [2.24, 2.45) is 11.7 Å². The molecule has 0 aliphatic heterocycles. The maximum absolute atomic E-state index is 11.3. The Labute approximate surface area is 92.4 Å². The molecule has 2 N–H and O–H groups in total. The Hall–Kier alpha value is -0.570. The van der Waals surface area contributed by atoms with Crippen molar-refractivity contribution in [2.45, 2.75) is 57.9 Å². The van der Waals surface area contributed by atoms with Gasteiger partial charge in [0.1, 0.15) is 0 Å². The van der Waals surface area contributed by atoms with Gasteiger partial charge in [0, 0.05) is 6.04 Å². The molecule has 88 valence electrons. The lowest BCUT2D eigenvalue weighted by Crippen LogP contribution is -2.27. The van der Waals surface area contributed by atoms with Crippen LogP contribution in [0.2, 0.25) is 0 Å². The molecule has 0 aromatic rings. The van der Waals surface area contributed by atoms with Gasteiger partial charge in [0.05, 0.1) is 13.0 Å². The van der Waals surface area contributed by atoms with Gasteiger partial charge in [-0.05, 0) is 25.2 Å². The van der Waals surface area contributed by atoms with Gasteiger partial charge in [-0.15, -0.1) is 0 Å². The van der Waals surface area contributed by atoms with Gasteiger partial charge in [-0.25, -0.2) is 0 Å². The molecule has 1 atom stereocenters. The second-order valence-corrected chi connectivity index (χ2v) is 4.49. The molecule has 1 aliphatic carbocycles. The number of esters is 1. The van der Waals surface area contributed by atoms with Crippen LogP contribution in [0.4, 0.5) is 0 Å². The number of unbranched alkanes of at least 4 members (excludes halogenated alkanes) is 3. The monoisotopic (exact) mass is 213 g/mol. The molecule has 1 saturated carbocycles. The highest BCUT2D eigenvalue weighted by molar-refractivity contribution is 5.70. The first kappa shape index (κ1) is 12.5. The van der Waals surface area contributed by atoms with Gasteiger partial charge in [0.15, 0.2) is 0 Å². The summed E-state index contributed by atoms with van der Waals surface area (Å²) in [5, 5.41) is 0. The first-order valence-corrected chi connectivity index (χ1v) is 6.15. The van der Waals surface area contributed by atoms with Gasteiger partial charge < -0.3 is 10.5 Å². The van der Waals surface area contributed by atoms with Crippen LogP contribution in [-0.4, -0.2) is 18.6 Å². The van der Waals surface area contributed by atoms with Crippen molar-refractivity contribution in [3.8, 4) is 0 Å². The minimum Gasteiger partial charge on any atom is -0.466 e. The standard InChI is InChI=1S/C12H23NO2/c1-2-3-4-5-8-15-12(14)9-11(13)10-6-7-10/h10-11H,2-9,13H2,1H3. The summed E-state index contributed by atoms with van der Waals surface area (Å²) in [7, 11) is 0. The van der Waals surface area contributed by atoms with Crippen LogP contribution in [0.1, 0.15) is 51.9 Å². The minimum absolute atomic E-state index is 0.0353. The minimum atomic E-state index is -0.120. The Bertz CT molecular complexity index is 190. The van der Waals surface area contributed by atoms with Crippen molar-refractivity contribution in [1.29, 1.82) is 0 Å². The zero-order chi connectivity index (χ0) is 11.1. The van der Waals surface area contributed by atoms with E-state index in [1.165, 1.54) is 25.7 Å². The number of ether oxygens (including phenoxy) is 1. The highest BCUT2D eigenvalue weighted by Gasteiger charge is 2.30. The van der Waals surface area contributed by atoms with E-state index >= 15 is 0 Å². The maximum atomic E-state index is 11.3. The number of hydrogen-bond acceptors (Lipinski definition) is 3. The molecule has 0 heterocycles. The van der Waals surface area contributed by atoms with Crippen LogP contribution in [0, 0.1) is 5.92 Å². The van der Waals surface area contributed by atoms with Gasteiger partial charge in [-0.3, -0.25) is 4.79 Å². The lowest BCUT2D eigenvalue weighted by Gasteiger charge is -2.09. The van der Waals surface area contributed by atoms with Crippen LogP contribution in [0.3, 0.4) is 0 Å². The van der Waals surface area contributed by atoms with E-state index < -0.39 is 0 Å². The van der Waals surface area contributed by atoms with E-state index in [2.05, 4.69) is 6.92 Å². The summed E-state index contributed by atoms with van der Waals surface area (Å²) in [6.07, 6.45) is 7.34. The Kier molecular flexibility index (Phi) is 5.69. The summed E-state index contributed by atoms with van der Waals surface area (Å²) >= 11 is 0. The molecule has 0 aromatic carbocycles. The maximum Gasteiger partial charge on any atom is 0.307 e. The molecular weight excluding hydrogens is 190 g/mol. The second kappa shape index (κ2) is 6.83. The largest absolute Gasteiger partial charge is 0.466 e. The molecule has 3 nitrogen and oxygen atoms in total. The van der Waals surface area contributed by atoms with E-state index in [4.69, 9.17) is 10.5 Å². The van der Waals surface area contributed by atoms with Gasteiger partial charge in [-0.1, -0.05) is 26.2 Å². The van der Waals surface area contributed by atoms with E-state index in [9.17, 15) is 4.79 Å². The summed E-state index contributed by atoms with van der Waals surface area (Å²) in [5.74, 6) is 0.462. The van der Waals surface area contributed by atoms with Crippen molar-refractivity contribution in [3.05, 3.63) is 0 Å². The Balaban J connectivity index is 1.93. The summed E-state index contributed by atoms with van der Waals surface area (Å²) in [4.78, 5) is 11.3. The van der Waals surface area contributed by atoms with E-state index in [1.54, 1.807) is 0 Å².